The van der Waals surface area contributed by atoms with Gasteiger partial charge in [-0.2, -0.15) is 5.10 Å². The lowest BCUT2D eigenvalue weighted by atomic mass is 9.94. The minimum atomic E-state index is -0.986. The number of aromatic nitrogens is 3. The Morgan fingerprint density at radius 1 is 1.19 bits per heavy atom. The monoisotopic (exact) mass is 454 g/mol. The average Bonchev–Trinajstić information content (AvgIpc) is 3.51. The van der Waals surface area contributed by atoms with Gasteiger partial charge < -0.3 is 9.47 Å². The second kappa shape index (κ2) is 9.95. The van der Waals surface area contributed by atoms with Crippen molar-refractivity contribution in [2.75, 3.05) is 12.0 Å². The molecule has 1 saturated carbocycles. The number of amides is 1. The molecule has 4 rings (SSSR count). The Bertz CT molecular complexity index is 1050. The van der Waals surface area contributed by atoms with Crippen molar-refractivity contribution in [2.45, 2.75) is 51.2 Å². The zero-order valence-corrected chi connectivity index (χ0v) is 19.0. The number of thiazole rings is 1. The summed E-state index contributed by atoms with van der Waals surface area (Å²) in [5, 5.41) is 6.81. The van der Waals surface area contributed by atoms with Crippen LogP contribution >= 0.6 is 11.3 Å². The molecule has 0 spiro atoms. The molecule has 0 N–H and O–H groups in total. The average molecular weight is 455 g/mol. The number of hydrogen-bond acceptors (Lipinski definition) is 7. The fourth-order valence-electron chi connectivity index (χ4n) is 3.93. The molecule has 1 fully saturated rings. The van der Waals surface area contributed by atoms with Gasteiger partial charge in [0.1, 0.15) is 0 Å². The topological polar surface area (TPSA) is 86.6 Å². The van der Waals surface area contributed by atoms with Gasteiger partial charge >= 0.3 is 5.97 Å². The number of nitrogens with zero attached hydrogens (tertiary/aromatic N) is 4. The van der Waals surface area contributed by atoms with Crippen molar-refractivity contribution in [3.63, 3.8) is 0 Å². The summed E-state index contributed by atoms with van der Waals surface area (Å²) >= 11 is 1.41. The summed E-state index contributed by atoms with van der Waals surface area (Å²) in [6.07, 6.45) is 7.46. The van der Waals surface area contributed by atoms with Crippen molar-refractivity contribution in [1.29, 1.82) is 0 Å². The van der Waals surface area contributed by atoms with Crippen molar-refractivity contribution >= 4 is 28.3 Å². The molecule has 8 nitrogen and oxygen atoms in total. The third-order valence-electron chi connectivity index (χ3n) is 5.55. The highest BCUT2D eigenvalue weighted by molar-refractivity contribution is 7.13. The first kappa shape index (κ1) is 22.0. The van der Waals surface area contributed by atoms with Crippen LogP contribution in [0.1, 0.15) is 49.5 Å². The van der Waals surface area contributed by atoms with Crippen LogP contribution in [-0.2, 0) is 9.53 Å². The maximum Gasteiger partial charge on any atom is 0.363 e. The Balaban J connectivity index is 1.52. The minimum Gasteiger partial charge on any atom is -0.493 e. The molecule has 1 amide bonds. The number of para-hydroxylation sites is 1. The lowest BCUT2D eigenvalue weighted by molar-refractivity contribution is -0.127. The van der Waals surface area contributed by atoms with Gasteiger partial charge in [-0.15, -0.1) is 11.3 Å². The van der Waals surface area contributed by atoms with Crippen LogP contribution in [0.4, 0.5) is 5.13 Å². The van der Waals surface area contributed by atoms with Crippen molar-refractivity contribution in [3.05, 3.63) is 53.8 Å². The molecule has 1 aliphatic rings. The van der Waals surface area contributed by atoms with E-state index in [1.54, 1.807) is 28.9 Å². The molecular weight excluding hydrogens is 428 g/mol. The molecule has 1 atom stereocenters. The van der Waals surface area contributed by atoms with Crippen LogP contribution in [-0.4, -0.2) is 45.9 Å². The molecule has 0 bridgehead atoms. The predicted octanol–water partition coefficient (Wildman–Crippen LogP) is 4.25. The predicted molar refractivity (Wildman–Crippen MR) is 121 cm³/mol. The Kier molecular flexibility index (Phi) is 6.84. The van der Waals surface area contributed by atoms with Crippen molar-refractivity contribution < 1.29 is 19.1 Å². The van der Waals surface area contributed by atoms with Crippen LogP contribution in [0.3, 0.4) is 0 Å². The zero-order chi connectivity index (χ0) is 22.5. The first-order chi connectivity index (χ1) is 15.6. The Morgan fingerprint density at radius 3 is 2.59 bits per heavy atom. The van der Waals surface area contributed by atoms with E-state index in [0.717, 1.165) is 31.4 Å². The van der Waals surface area contributed by atoms with Gasteiger partial charge in [-0.25, -0.2) is 14.5 Å². The van der Waals surface area contributed by atoms with E-state index in [1.165, 1.54) is 24.9 Å². The fraction of sp³-hybridized carbons (Fsp3) is 0.391. The van der Waals surface area contributed by atoms with E-state index in [1.807, 2.05) is 35.7 Å². The number of carbonyl (C=O) groups is 2. The molecule has 2 heterocycles. The maximum absolute atomic E-state index is 13.3. The number of rotatable bonds is 7. The second-order valence-corrected chi connectivity index (χ2v) is 8.56. The van der Waals surface area contributed by atoms with Crippen molar-refractivity contribution in [2.24, 2.45) is 0 Å². The Hall–Kier alpha value is -3.20. The van der Waals surface area contributed by atoms with Crippen LogP contribution in [0.5, 0.6) is 5.75 Å². The smallest absolute Gasteiger partial charge is 0.363 e. The quantitative estimate of drug-likeness (QED) is 0.496. The molecule has 1 unspecified atom stereocenters. The molecule has 32 heavy (non-hydrogen) atoms. The second-order valence-electron chi connectivity index (χ2n) is 7.69. The summed E-state index contributed by atoms with van der Waals surface area (Å²) in [7, 11) is 1.46. The zero-order valence-electron chi connectivity index (χ0n) is 18.1. The van der Waals surface area contributed by atoms with E-state index >= 15 is 0 Å². The number of anilines is 1. The number of benzene rings is 1. The van der Waals surface area contributed by atoms with Crippen molar-refractivity contribution in [3.8, 4) is 11.4 Å². The lowest BCUT2D eigenvalue weighted by Crippen LogP contribution is -2.47. The normalized spacial score (nSPS) is 15.2. The minimum absolute atomic E-state index is 0.0227. The summed E-state index contributed by atoms with van der Waals surface area (Å²) in [6, 6.07) is 9.44. The van der Waals surface area contributed by atoms with Crippen LogP contribution in [0, 0.1) is 0 Å². The summed E-state index contributed by atoms with van der Waals surface area (Å²) < 4.78 is 12.4. The first-order valence-electron chi connectivity index (χ1n) is 10.7. The van der Waals surface area contributed by atoms with Gasteiger partial charge in [0.15, 0.2) is 17.0 Å². The third kappa shape index (κ3) is 4.67. The van der Waals surface area contributed by atoms with E-state index in [2.05, 4.69) is 10.1 Å². The van der Waals surface area contributed by atoms with Gasteiger partial charge in [-0.05, 0) is 31.9 Å². The van der Waals surface area contributed by atoms with E-state index in [-0.39, 0.29) is 23.4 Å². The standard InChI is InChI=1S/C23H26N4O4S/c1-16(21(28)27(23-24-13-14-32-23)18-11-7-4-8-12-18)31-22(29)20-19(30-2)15-26(25-20)17-9-5-3-6-10-17/h3,5-6,9-10,13-16,18H,4,7-8,11-12H2,1-2H3. The molecule has 1 aromatic carbocycles. The summed E-state index contributed by atoms with van der Waals surface area (Å²) in [5.41, 5.74) is 0.802. The molecule has 0 radical (unpaired) electrons. The van der Waals surface area contributed by atoms with Gasteiger partial charge in [0.05, 0.1) is 19.0 Å². The SMILES string of the molecule is COc1cn(-c2ccccc2)nc1C(=O)OC(C)C(=O)N(c1nccs1)C1CCCCC1. The molecule has 3 aromatic rings. The summed E-state index contributed by atoms with van der Waals surface area (Å²) in [6.45, 7) is 1.59. The van der Waals surface area contributed by atoms with Crippen LogP contribution in [0.15, 0.2) is 48.1 Å². The Labute approximate surface area is 190 Å². The molecule has 168 valence electrons. The lowest BCUT2D eigenvalue weighted by Gasteiger charge is -2.33. The van der Waals surface area contributed by atoms with Gasteiger partial charge in [0.2, 0.25) is 5.69 Å². The number of carbonyl (C=O) groups excluding carboxylic acids is 2. The van der Waals surface area contributed by atoms with Gasteiger partial charge in [-0.3, -0.25) is 9.69 Å². The van der Waals surface area contributed by atoms with E-state index in [9.17, 15) is 9.59 Å². The molecular formula is C23H26N4O4S. The number of hydrogen-bond donors (Lipinski definition) is 0. The summed E-state index contributed by atoms with van der Waals surface area (Å²) in [4.78, 5) is 32.3. The highest BCUT2D eigenvalue weighted by Crippen LogP contribution is 2.30. The highest BCUT2D eigenvalue weighted by atomic mass is 32.1. The molecule has 1 aliphatic carbocycles. The Morgan fingerprint density at radius 2 is 1.94 bits per heavy atom. The maximum atomic E-state index is 13.3. The van der Waals surface area contributed by atoms with Crippen molar-refractivity contribution in [1.82, 2.24) is 14.8 Å². The van der Waals surface area contributed by atoms with E-state index < -0.39 is 12.1 Å². The highest BCUT2D eigenvalue weighted by Gasteiger charge is 2.34. The fourth-order valence-corrected chi connectivity index (χ4v) is 4.65. The van der Waals surface area contributed by atoms with Gasteiger partial charge in [0.25, 0.3) is 5.91 Å². The molecule has 2 aromatic heterocycles. The largest absolute Gasteiger partial charge is 0.493 e. The van der Waals surface area contributed by atoms with Crippen LogP contribution < -0.4 is 9.64 Å². The number of esters is 1. The molecule has 0 saturated heterocycles. The number of ether oxygens (including phenoxy) is 2. The van der Waals surface area contributed by atoms with E-state index in [4.69, 9.17) is 9.47 Å². The molecule has 0 aliphatic heterocycles. The third-order valence-corrected chi connectivity index (χ3v) is 6.32. The first-order valence-corrected chi connectivity index (χ1v) is 11.6. The van der Waals surface area contributed by atoms with Crippen LogP contribution in [0.25, 0.3) is 5.69 Å². The van der Waals surface area contributed by atoms with Gasteiger partial charge in [-0.1, -0.05) is 37.5 Å². The number of methoxy groups -OCH3 is 1. The summed E-state index contributed by atoms with van der Waals surface area (Å²) in [5.74, 6) is -0.704. The van der Waals surface area contributed by atoms with E-state index in [0.29, 0.717) is 5.13 Å². The van der Waals surface area contributed by atoms with Crippen LogP contribution in [0.2, 0.25) is 0 Å². The molecule has 9 heteroatoms. The van der Waals surface area contributed by atoms with Gasteiger partial charge in [0, 0.05) is 17.6 Å².